The molecular weight excluding hydrogens is 245 g/mol. The normalized spacial score (nSPS) is 10.2. The second kappa shape index (κ2) is 6.11. The molecule has 2 aromatic carbocycles. The number of carbonyl (C=O) groups is 1. The van der Waals surface area contributed by atoms with E-state index in [0.717, 1.165) is 5.56 Å². The summed E-state index contributed by atoms with van der Waals surface area (Å²) in [6, 6.07) is 12.8. The fourth-order valence-electron chi connectivity index (χ4n) is 1.71. The molecule has 1 N–H and O–H groups in total. The zero-order chi connectivity index (χ0) is 13.7. The van der Waals surface area contributed by atoms with Gasteiger partial charge in [-0.25, -0.2) is 4.39 Å². The maximum Gasteiger partial charge on any atom is 0.255 e. The third-order valence-corrected chi connectivity index (χ3v) is 2.60. The summed E-state index contributed by atoms with van der Waals surface area (Å²) in [7, 11) is 1.61. The van der Waals surface area contributed by atoms with E-state index < -0.39 is 0 Å². The van der Waals surface area contributed by atoms with Gasteiger partial charge in [0.05, 0.1) is 6.61 Å². The van der Waals surface area contributed by atoms with Gasteiger partial charge in [0.2, 0.25) is 0 Å². The van der Waals surface area contributed by atoms with Crippen LogP contribution in [-0.4, -0.2) is 13.0 Å². The Morgan fingerprint density at radius 2 is 1.95 bits per heavy atom. The van der Waals surface area contributed by atoms with Crippen molar-refractivity contribution in [2.45, 2.75) is 6.61 Å². The highest BCUT2D eigenvalue weighted by atomic mass is 19.1. The van der Waals surface area contributed by atoms with Gasteiger partial charge in [-0.3, -0.25) is 4.79 Å². The Morgan fingerprint density at radius 3 is 2.63 bits per heavy atom. The average molecular weight is 259 g/mol. The van der Waals surface area contributed by atoms with Crippen molar-refractivity contribution in [3.8, 4) is 0 Å². The second-order valence-electron chi connectivity index (χ2n) is 4.09. The molecular formula is C15H14FNO2. The Labute approximate surface area is 111 Å². The number of nitrogens with one attached hydrogen (secondary N) is 1. The van der Waals surface area contributed by atoms with Crippen molar-refractivity contribution in [3.63, 3.8) is 0 Å². The Bertz CT molecular complexity index is 567. The van der Waals surface area contributed by atoms with Crippen LogP contribution in [0.5, 0.6) is 0 Å². The Hall–Kier alpha value is -2.20. The third-order valence-electron chi connectivity index (χ3n) is 2.60. The SMILES string of the molecule is COCc1cccc(NC(=O)c2ccc(F)cc2)c1. The Morgan fingerprint density at radius 1 is 1.21 bits per heavy atom. The van der Waals surface area contributed by atoms with E-state index in [2.05, 4.69) is 5.32 Å². The maximum atomic E-state index is 12.8. The molecule has 3 nitrogen and oxygen atoms in total. The topological polar surface area (TPSA) is 38.3 Å². The number of benzene rings is 2. The minimum absolute atomic E-state index is 0.269. The molecule has 2 rings (SSSR count). The molecule has 1 amide bonds. The summed E-state index contributed by atoms with van der Waals surface area (Å²) in [6.07, 6.45) is 0. The lowest BCUT2D eigenvalue weighted by atomic mass is 10.2. The highest BCUT2D eigenvalue weighted by Gasteiger charge is 2.06. The van der Waals surface area contributed by atoms with Crippen molar-refractivity contribution in [2.24, 2.45) is 0 Å². The molecule has 0 aromatic heterocycles. The molecule has 98 valence electrons. The number of rotatable bonds is 4. The van der Waals surface area contributed by atoms with E-state index in [0.29, 0.717) is 17.9 Å². The zero-order valence-electron chi connectivity index (χ0n) is 10.5. The number of ether oxygens (including phenoxy) is 1. The molecule has 0 bridgehead atoms. The summed E-state index contributed by atoms with van der Waals surface area (Å²) in [5, 5.41) is 2.76. The van der Waals surface area contributed by atoms with Crippen LogP contribution < -0.4 is 5.32 Å². The molecule has 0 fully saturated rings. The molecule has 0 unspecified atom stereocenters. The number of hydrogen-bond donors (Lipinski definition) is 1. The van der Waals surface area contributed by atoms with E-state index in [-0.39, 0.29) is 11.7 Å². The van der Waals surface area contributed by atoms with Crippen LogP contribution in [0.25, 0.3) is 0 Å². The molecule has 0 saturated carbocycles. The van der Waals surface area contributed by atoms with E-state index >= 15 is 0 Å². The highest BCUT2D eigenvalue weighted by molar-refractivity contribution is 6.04. The lowest BCUT2D eigenvalue weighted by Gasteiger charge is -2.07. The minimum atomic E-state index is -0.362. The molecule has 0 aliphatic heterocycles. The number of carbonyl (C=O) groups excluding carboxylic acids is 1. The van der Waals surface area contributed by atoms with Crippen LogP contribution >= 0.6 is 0 Å². The summed E-state index contributed by atoms with van der Waals surface area (Å²) in [6.45, 7) is 0.486. The van der Waals surface area contributed by atoms with E-state index in [4.69, 9.17) is 4.74 Å². The first-order valence-electron chi connectivity index (χ1n) is 5.84. The van der Waals surface area contributed by atoms with Crippen LogP contribution in [0.15, 0.2) is 48.5 Å². The standard InChI is InChI=1S/C15H14FNO2/c1-19-10-11-3-2-4-14(9-11)17-15(18)12-5-7-13(16)8-6-12/h2-9H,10H2,1H3,(H,17,18). The maximum absolute atomic E-state index is 12.8. The van der Waals surface area contributed by atoms with Gasteiger partial charge in [0, 0.05) is 18.4 Å². The summed E-state index contributed by atoms with van der Waals surface area (Å²) in [4.78, 5) is 11.9. The number of methoxy groups -OCH3 is 1. The predicted octanol–water partition coefficient (Wildman–Crippen LogP) is 3.22. The molecule has 0 aliphatic rings. The quantitative estimate of drug-likeness (QED) is 0.915. The number of amides is 1. The molecule has 0 radical (unpaired) electrons. The van der Waals surface area contributed by atoms with Crippen molar-refractivity contribution >= 4 is 11.6 Å². The average Bonchev–Trinajstić information content (AvgIpc) is 2.40. The first kappa shape index (κ1) is 13.2. The largest absolute Gasteiger partial charge is 0.380 e. The van der Waals surface area contributed by atoms with Gasteiger partial charge < -0.3 is 10.1 Å². The fourth-order valence-corrected chi connectivity index (χ4v) is 1.71. The summed E-state index contributed by atoms with van der Waals surface area (Å²) in [5.41, 5.74) is 2.07. The van der Waals surface area contributed by atoms with Gasteiger partial charge in [0.15, 0.2) is 0 Å². The monoisotopic (exact) mass is 259 g/mol. The van der Waals surface area contributed by atoms with Gasteiger partial charge in [0.25, 0.3) is 5.91 Å². The van der Waals surface area contributed by atoms with Crippen molar-refractivity contribution in [1.29, 1.82) is 0 Å². The van der Waals surface area contributed by atoms with Crippen molar-refractivity contribution in [1.82, 2.24) is 0 Å². The lowest BCUT2D eigenvalue weighted by molar-refractivity contribution is 0.102. The van der Waals surface area contributed by atoms with Gasteiger partial charge >= 0.3 is 0 Å². The summed E-state index contributed by atoms with van der Waals surface area (Å²) in [5.74, 6) is -0.631. The van der Waals surface area contributed by atoms with E-state index in [1.807, 2.05) is 18.2 Å². The van der Waals surface area contributed by atoms with Crippen LogP contribution in [0.2, 0.25) is 0 Å². The first-order valence-corrected chi connectivity index (χ1v) is 5.84. The number of halogens is 1. The van der Waals surface area contributed by atoms with Crippen LogP contribution in [-0.2, 0) is 11.3 Å². The van der Waals surface area contributed by atoms with Gasteiger partial charge in [-0.15, -0.1) is 0 Å². The fraction of sp³-hybridized carbons (Fsp3) is 0.133. The molecule has 0 saturated heterocycles. The van der Waals surface area contributed by atoms with Gasteiger partial charge in [-0.1, -0.05) is 12.1 Å². The molecule has 0 atom stereocenters. The van der Waals surface area contributed by atoms with Crippen LogP contribution in [0.1, 0.15) is 15.9 Å². The van der Waals surface area contributed by atoms with Gasteiger partial charge in [-0.2, -0.15) is 0 Å². The molecule has 0 spiro atoms. The lowest BCUT2D eigenvalue weighted by Crippen LogP contribution is -2.11. The van der Waals surface area contributed by atoms with E-state index in [1.54, 1.807) is 13.2 Å². The van der Waals surface area contributed by atoms with Crippen molar-refractivity contribution < 1.29 is 13.9 Å². The molecule has 2 aromatic rings. The van der Waals surface area contributed by atoms with Gasteiger partial charge in [0.1, 0.15) is 5.82 Å². The number of anilines is 1. The summed E-state index contributed by atoms with van der Waals surface area (Å²) >= 11 is 0. The van der Waals surface area contributed by atoms with Gasteiger partial charge in [-0.05, 0) is 42.0 Å². The van der Waals surface area contributed by atoms with Crippen LogP contribution in [0.4, 0.5) is 10.1 Å². The summed E-state index contributed by atoms with van der Waals surface area (Å²) < 4.78 is 17.8. The zero-order valence-corrected chi connectivity index (χ0v) is 10.5. The first-order chi connectivity index (χ1) is 9.19. The minimum Gasteiger partial charge on any atom is -0.380 e. The predicted molar refractivity (Wildman–Crippen MR) is 71.5 cm³/mol. The Balaban J connectivity index is 2.10. The van der Waals surface area contributed by atoms with E-state index in [9.17, 15) is 9.18 Å². The molecule has 0 aliphatic carbocycles. The third kappa shape index (κ3) is 3.63. The highest BCUT2D eigenvalue weighted by Crippen LogP contribution is 2.13. The van der Waals surface area contributed by atoms with Crippen molar-refractivity contribution in [3.05, 3.63) is 65.5 Å². The second-order valence-corrected chi connectivity index (χ2v) is 4.09. The molecule has 0 heterocycles. The smallest absolute Gasteiger partial charge is 0.255 e. The van der Waals surface area contributed by atoms with Crippen LogP contribution in [0, 0.1) is 5.82 Å². The Kier molecular flexibility index (Phi) is 4.26. The molecule has 4 heteroatoms. The molecule has 19 heavy (non-hydrogen) atoms. The van der Waals surface area contributed by atoms with E-state index in [1.165, 1.54) is 24.3 Å². The van der Waals surface area contributed by atoms with Crippen LogP contribution in [0.3, 0.4) is 0 Å². The number of hydrogen-bond acceptors (Lipinski definition) is 2. The van der Waals surface area contributed by atoms with Crippen molar-refractivity contribution in [2.75, 3.05) is 12.4 Å².